The van der Waals surface area contributed by atoms with Crippen molar-refractivity contribution in [2.75, 3.05) is 24.3 Å². The molecule has 6 N–H and O–H groups in total. The molecule has 0 radical (unpaired) electrons. The summed E-state index contributed by atoms with van der Waals surface area (Å²) in [5, 5.41) is 20.0. The molecule has 11 nitrogen and oxygen atoms in total. The average molecular weight is 431 g/mol. The SMILES string of the molecule is CSSCC[C@H](N)C(=O)O[C@@H]1[C@H](O)[C@@H](CO)O[C@H]1n1cnc2c(N)ncnc21. The summed E-state index contributed by atoms with van der Waals surface area (Å²) in [5.74, 6) is 0.214. The molecule has 1 aliphatic heterocycles. The van der Waals surface area contributed by atoms with Crippen molar-refractivity contribution in [1.82, 2.24) is 19.5 Å². The van der Waals surface area contributed by atoms with Gasteiger partial charge in [0.25, 0.3) is 0 Å². The Morgan fingerprint density at radius 3 is 2.96 bits per heavy atom. The van der Waals surface area contributed by atoms with Crippen LogP contribution in [0.3, 0.4) is 0 Å². The second-order valence-corrected chi connectivity index (χ2v) is 8.79. The minimum absolute atomic E-state index is 0.183. The summed E-state index contributed by atoms with van der Waals surface area (Å²) in [7, 11) is 3.17. The normalized spacial score (nSPS) is 25.9. The lowest BCUT2D eigenvalue weighted by molar-refractivity contribution is -0.160. The number of aromatic nitrogens is 4. The van der Waals surface area contributed by atoms with Crippen molar-refractivity contribution < 1.29 is 24.5 Å². The first-order chi connectivity index (χ1) is 13.5. The maximum absolute atomic E-state index is 12.4. The maximum Gasteiger partial charge on any atom is 0.323 e. The molecule has 0 aliphatic carbocycles. The summed E-state index contributed by atoms with van der Waals surface area (Å²) < 4.78 is 12.7. The highest BCUT2D eigenvalue weighted by atomic mass is 33.1. The summed E-state index contributed by atoms with van der Waals surface area (Å²) in [4.78, 5) is 24.6. The molecule has 0 amide bonds. The van der Waals surface area contributed by atoms with Crippen molar-refractivity contribution in [3.8, 4) is 0 Å². The Labute approximate surface area is 168 Å². The van der Waals surface area contributed by atoms with Gasteiger partial charge in [-0.1, -0.05) is 21.6 Å². The van der Waals surface area contributed by atoms with E-state index in [4.69, 9.17) is 20.9 Å². The second kappa shape index (κ2) is 9.24. The monoisotopic (exact) mass is 430 g/mol. The van der Waals surface area contributed by atoms with Gasteiger partial charge in [-0.25, -0.2) is 15.0 Å². The fourth-order valence-corrected chi connectivity index (χ4v) is 4.18. The third kappa shape index (κ3) is 4.18. The lowest BCUT2D eigenvalue weighted by atomic mass is 10.1. The van der Waals surface area contributed by atoms with Gasteiger partial charge in [0.15, 0.2) is 23.8 Å². The van der Waals surface area contributed by atoms with Gasteiger partial charge in [0.05, 0.1) is 12.9 Å². The van der Waals surface area contributed by atoms with Crippen LogP contribution in [0.25, 0.3) is 11.2 Å². The Balaban J connectivity index is 1.82. The number of nitrogens with two attached hydrogens (primary N) is 2. The minimum atomic E-state index is -1.25. The zero-order chi connectivity index (χ0) is 20.3. The topological polar surface area (TPSA) is 172 Å². The Morgan fingerprint density at radius 2 is 2.25 bits per heavy atom. The molecule has 13 heteroatoms. The summed E-state index contributed by atoms with van der Waals surface area (Å²) in [6.07, 6.45) is 0.798. The van der Waals surface area contributed by atoms with Gasteiger partial charge >= 0.3 is 5.97 Å². The number of imidazole rings is 1. The van der Waals surface area contributed by atoms with Crippen LogP contribution < -0.4 is 11.5 Å². The molecule has 5 atom stereocenters. The molecule has 154 valence electrons. The summed E-state index contributed by atoms with van der Waals surface area (Å²) in [5.41, 5.74) is 12.4. The van der Waals surface area contributed by atoms with Crippen LogP contribution in [0.15, 0.2) is 12.7 Å². The third-order valence-electron chi connectivity index (χ3n) is 4.34. The van der Waals surface area contributed by atoms with Crippen molar-refractivity contribution in [2.45, 2.75) is 37.0 Å². The van der Waals surface area contributed by atoms with Crippen molar-refractivity contribution >= 4 is 44.5 Å². The second-order valence-electron chi connectivity index (χ2n) is 6.11. The first-order valence-electron chi connectivity index (χ1n) is 8.47. The van der Waals surface area contributed by atoms with Gasteiger partial charge in [0, 0.05) is 5.75 Å². The van der Waals surface area contributed by atoms with Crippen LogP contribution in [0.1, 0.15) is 12.6 Å². The van der Waals surface area contributed by atoms with Gasteiger partial charge in [0.2, 0.25) is 0 Å². The van der Waals surface area contributed by atoms with E-state index >= 15 is 0 Å². The number of esters is 1. The fourth-order valence-electron chi connectivity index (χ4n) is 2.87. The lowest BCUT2D eigenvalue weighted by Crippen LogP contribution is -2.42. The molecule has 2 aromatic heterocycles. The number of ether oxygens (including phenoxy) is 2. The molecule has 3 rings (SSSR count). The third-order valence-corrected chi connectivity index (χ3v) is 6.18. The highest BCUT2D eigenvalue weighted by Gasteiger charge is 2.48. The van der Waals surface area contributed by atoms with Gasteiger partial charge < -0.3 is 31.2 Å². The highest BCUT2D eigenvalue weighted by molar-refractivity contribution is 8.76. The van der Waals surface area contributed by atoms with Crippen LogP contribution in [0.2, 0.25) is 0 Å². The van der Waals surface area contributed by atoms with Gasteiger partial charge in [-0.05, 0) is 12.7 Å². The van der Waals surface area contributed by atoms with E-state index in [9.17, 15) is 15.0 Å². The number of nitrogen functional groups attached to an aromatic ring is 1. The van der Waals surface area contributed by atoms with E-state index in [2.05, 4.69) is 15.0 Å². The molecule has 1 fully saturated rings. The number of hydrogen-bond acceptors (Lipinski definition) is 12. The van der Waals surface area contributed by atoms with Crippen LogP contribution in [0.4, 0.5) is 5.82 Å². The molecule has 2 aromatic rings. The number of fused-ring (bicyclic) bond motifs is 1. The summed E-state index contributed by atoms with van der Waals surface area (Å²) in [6, 6.07) is -0.835. The van der Waals surface area contributed by atoms with E-state index in [1.807, 2.05) is 6.26 Å². The van der Waals surface area contributed by atoms with Crippen LogP contribution >= 0.6 is 21.6 Å². The Kier molecular flexibility index (Phi) is 6.95. The smallest absolute Gasteiger partial charge is 0.323 e. The molecular formula is C15H22N6O5S2. The number of aliphatic hydroxyl groups excluding tert-OH is 2. The van der Waals surface area contributed by atoms with E-state index in [1.54, 1.807) is 21.6 Å². The zero-order valence-corrected chi connectivity index (χ0v) is 16.7. The van der Waals surface area contributed by atoms with Crippen LogP contribution in [-0.4, -0.2) is 78.7 Å². The van der Waals surface area contributed by atoms with E-state index in [0.717, 1.165) is 0 Å². The number of anilines is 1. The minimum Gasteiger partial charge on any atom is -0.453 e. The number of carbonyl (C=O) groups is 1. The van der Waals surface area contributed by atoms with Crippen molar-refractivity contribution in [3.63, 3.8) is 0 Å². The largest absolute Gasteiger partial charge is 0.453 e. The molecule has 3 heterocycles. The number of hydrogen-bond donors (Lipinski definition) is 4. The number of rotatable bonds is 8. The lowest BCUT2D eigenvalue weighted by Gasteiger charge is -2.23. The molecule has 0 spiro atoms. The van der Waals surface area contributed by atoms with E-state index < -0.39 is 43.2 Å². The number of nitrogens with zero attached hydrogens (tertiary/aromatic N) is 4. The van der Waals surface area contributed by atoms with Crippen LogP contribution in [0, 0.1) is 0 Å². The predicted molar refractivity (Wildman–Crippen MR) is 105 cm³/mol. The van der Waals surface area contributed by atoms with Crippen LogP contribution in [-0.2, 0) is 14.3 Å². The highest BCUT2D eigenvalue weighted by Crippen LogP contribution is 2.34. The van der Waals surface area contributed by atoms with Crippen molar-refractivity contribution in [2.24, 2.45) is 5.73 Å². The number of aliphatic hydroxyl groups is 2. The summed E-state index contributed by atoms with van der Waals surface area (Å²) in [6.45, 7) is -0.452. The quantitative estimate of drug-likeness (QED) is 0.236. The summed E-state index contributed by atoms with van der Waals surface area (Å²) >= 11 is 0. The zero-order valence-electron chi connectivity index (χ0n) is 15.0. The van der Waals surface area contributed by atoms with Gasteiger partial charge in [-0.15, -0.1) is 0 Å². The molecule has 1 saturated heterocycles. The van der Waals surface area contributed by atoms with Crippen LogP contribution in [0.5, 0.6) is 0 Å². The first-order valence-corrected chi connectivity index (χ1v) is 11.2. The Bertz CT molecular complexity index is 823. The molecule has 0 unspecified atom stereocenters. The molecule has 1 aliphatic rings. The van der Waals surface area contributed by atoms with E-state index in [-0.39, 0.29) is 5.82 Å². The maximum atomic E-state index is 12.4. The van der Waals surface area contributed by atoms with E-state index in [0.29, 0.717) is 23.3 Å². The van der Waals surface area contributed by atoms with Gasteiger partial charge in [0.1, 0.15) is 30.1 Å². The molecule has 0 saturated carbocycles. The average Bonchev–Trinajstić information content (AvgIpc) is 3.24. The Hall–Kier alpha value is -1.64. The standard InChI is InChI=1S/C15H22N6O5S2/c1-27-28-3-2-7(16)15(24)26-11-10(23)8(4-22)25-14(11)21-6-20-9-12(17)18-5-19-13(9)21/h5-8,10-11,14,22-23H,2-4,16H2,1H3,(H2,17,18,19)/t7-,8+,10+,11+,14+/m0/s1. The van der Waals surface area contributed by atoms with E-state index in [1.165, 1.54) is 17.2 Å². The van der Waals surface area contributed by atoms with Gasteiger partial charge in [-0.2, -0.15) is 0 Å². The van der Waals surface area contributed by atoms with Crippen molar-refractivity contribution in [1.29, 1.82) is 0 Å². The molecule has 0 aromatic carbocycles. The predicted octanol–water partition coefficient (Wildman–Crippen LogP) is -0.700. The Morgan fingerprint density at radius 1 is 1.46 bits per heavy atom. The van der Waals surface area contributed by atoms with Gasteiger partial charge in [-0.3, -0.25) is 9.36 Å². The fraction of sp³-hybridized carbons (Fsp3) is 0.600. The molecular weight excluding hydrogens is 408 g/mol. The van der Waals surface area contributed by atoms with Crippen molar-refractivity contribution in [3.05, 3.63) is 12.7 Å². The molecule has 0 bridgehead atoms. The molecule has 28 heavy (non-hydrogen) atoms. The first kappa shape index (κ1) is 21.1. The number of carbonyl (C=O) groups excluding carboxylic acids is 1.